The first-order chi connectivity index (χ1) is 14.0. The third-order valence-electron chi connectivity index (χ3n) is 4.75. The zero-order chi connectivity index (χ0) is 22.7. The number of ether oxygens (including phenoxy) is 4. The highest BCUT2D eigenvalue weighted by Gasteiger charge is 2.61. The summed E-state index contributed by atoms with van der Waals surface area (Å²) in [6.45, 7) is -1.55. The molecule has 2 heterocycles. The van der Waals surface area contributed by atoms with Crippen LogP contribution in [0.2, 0.25) is 0 Å². The highest BCUT2D eigenvalue weighted by Crippen LogP contribution is 2.36. The number of hydrogen-bond donors (Lipinski definition) is 3. The highest BCUT2D eigenvalue weighted by molar-refractivity contribution is 7.97. The van der Waals surface area contributed by atoms with Gasteiger partial charge in [0, 0.05) is 10.9 Å². The van der Waals surface area contributed by atoms with Crippen LogP contribution in [-0.2, 0) is 54.0 Å². The molecule has 2 aliphatic heterocycles. The van der Waals surface area contributed by atoms with Crippen LogP contribution in [0.5, 0.6) is 0 Å². The van der Waals surface area contributed by atoms with Crippen molar-refractivity contribution in [3.05, 3.63) is 0 Å². The first-order valence-corrected chi connectivity index (χ1v) is 11.6. The van der Waals surface area contributed by atoms with E-state index >= 15 is 0 Å². The standard InChI is InChI=1S/C15H24O13S2/c1-24-13(19)11(14(20)25-2)15(7-29-6-9(17)12(18)10(29)3-16)26-4-8(5-27-15)28-30(21,22)23/h8-12,16-18H,3-7H2,1-2H3/t8?,9-,10-,12+,15?,29?/m1/s1. The largest absolute Gasteiger partial charge is 0.726 e. The van der Waals surface area contributed by atoms with E-state index in [1.54, 1.807) is 0 Å². The van der Waals surface area contributed by atoms with Gasteiger partial charge in [-0.15, -0.1) is 0 Å². The molecule has 2 rings (SSSR count). The molecule has 0 aromatic carbocycles. The third kappa shape index (κ3) is 5.60. The Morgan fingerprint density at radius 3 is 2.17 bits per heavy atom. The van der Waals surface area contributed by atoms with Crippen molar-refractivity contribution < 1.29 is 61.0 Å². The van der Waals surface area contributed by atoms with Crippen molar-refractivity contribution in [1.29, 1.82) is 0 Å². The molecular formula is C15H24O13S2. The Kier molecular flexibility index (Phi) is 8.45. The third-order valence-corrected chi connectivity index (χ3v) is 8.08. The molecule has 2 aliphatic rings. The van der Waals surface area contributed by atoms with Gasteiger partial charge in [-0.05, 0) is 0 Å². The molecule has 0 aliphatic carbocycles. The first kappa shape index (κ1) is 25.2. The Hall–Kier alpha value is -1.04. The lowest BCUT2D eigenvalue weighted by Gasteiger charge is -2.41. The molecule has 0 aromatic heterocycles. The fraction of sp³-hybridized carbons (Fsp3) is 0.867. The average molecular weight is 476 g/mol. The summed E-state index contributed by atoms with van der Waals surface area (Å²) in [4.78, 5) is 24.8. The van der Waals surface area contributed by atoms with E-state index in [1.807, 2.05) is 0 Å². The molecular weight excluding hydrogens is 452 g/mol. The first-order valence-electron chi connectivity index (χ1n) is 8.69. The smallest absolute Gasteiger partial charge is 0.325 e. The van der Waals surface area contributed by atoms with E-state index in [4.69, 9.17) is 9.47 Å². The summed E-state index contributed by atoms with van der Waals surface area (Å²) in [5.74, 6) is -6.14. The molecule has 4 atom stereocenters. The number of methoxy groups -OCH3 is 2. The minimum absolute atomic E-state index is 0.0325. The van der Waals surface area contributed by atoms with Gasteiger partial charge in [0.15, 0.2) is 11.0 Å². The summed E-state index contributed by atoms with van der Waals surface area (Å²) in [5.41, 5.74) is 0. The van der Waals surface area contributed by atoms with Crippen LogP contribution >= 0.6 is 0 Å². The molecule has 2 saturated heterocycles. The van der Waals surface area contributed by atoms with E-state index in [2.05, 4.69) is 13.7 Å². The summed E-state index contributed by atoms with van der Waals surface area (Å²) in [7, 11) is -4.01. The molecule has 1 unspecified atom stereocenters. The predicted octanol–water partition coefficient (Wildman–Crippen LogP) is -3.75. The van der Waals surface area contributed by atoms with Gasteiger partial charge in [-0.25, -0.2) is 8.42 Å². The number of aliphatic hydroxyl groups excluding tert-OH is 3. The lowest BCUT2D eigenvalue weighted by molar-refractivity contribution is -0.297. The van der Waals surface area contributed by atoms with Crippen LogP contribution in [0.15, 0.2) is 0 Å². The molecule has 0 saturated carbocycles. The number of aliphatic hydroxyl groups is 3. The second-order valence-electron chi connectivity index (χ2n) is 6.67. The minimum atomic E-state index is -5.06. The van der Waals surface area contributed by atoms with Crippen LogP contribution in [0.1, 0.15) is 0 Å². The number of esters is 2. The van der Waals surface area contributed by atoms with E-state index in [1.165, 1.54) is 0 Å². The zero-order valence-electron chi connectivity index (χ0n) is 16.2. The summed E-state index contributed by atoms with van der Waals surface area (Å²) < 4.78 is 57.2. The van der Waals surface area contributed by atoms with Crippen molar-refractivity contribution in [2.45, 2.75) is 29.3 Å². The highest BCUT2D eigenvalue weighted by atomic mass is 32.3. The second-order valence-corrected chi connectivity index (χ2v) is 9.98. The van der Waals surface area contributed by atoms with E-state index in [9.17, 15) is 37.9 Å². The summed E-state index contributed by atoms with van der Waals surface area (Å²) >= 11 is 0. The number of rotatable bonds is 8. The van der Waals surface area contributed by atoms with Crippen molar-refractivity contribution in [3.8, 4) is 0 Å². The van der Waals surface area contributed by atoms with Crippen LogP contribution in [0, 0.1) is 5.92 Å². The van der Waals surface area contributed by atoms with Crippen LogP contribution in [-0.4, -0.2) is 115 Å². The van der Waals surface area contributed by atoms with Crippen LogP contribution in [0.25, 0.3) is 0 Å². The van der Waals surface area contributed by atoms with Gasteiger partial charge in [-0.2, -0.15) is 0 Å². The molecule has 15 heteroatoms. The van der Waals surface area contributed by atoms with Crippen molar-refractivity contribution in [2.75, 3.05) is 45.5 Å². The SMILES string of the molecule is COC(=O)C(C(=O)OC)C1(C[S+]2C[C@@H](O)[C@H](O)[C@H]2CO)OCC(OS(=O)(=O)[O-])CO1. The summed E-state index contributed by atoms with van der Waals surface area (Å²) in [6, 6.07) is 0. The molecule has 0 amide bonds. The van der Waals surface area contributed by atoms with Gasteiger partial charge in [0.2, 0.25) is 22.1 Å². The van der Waals surface area contributed by atoms with Crippen molar-refractivity contribution in [2.24, 2.45) is 5.92 Å². The lowest BCUT2D eigenvalue weighted by atomic mass is 9.98. The maximum atomic E-state index is 12.4. The molecule has 30 heavy (non-hydrogen) atoms. The van der Waals surface area contributed by atoms with Crippen LogP contribution in [0.4, 0.5) is 0 Å². The van der Waals surface area contributed by atoms with E-state index in [0.29, 0.717) is 0 Å². The topological polar surface area (TPSA) is 198 Å². The molecule has 0 aromatic rings. The molecule has 13 nitrogen and oxygen atoms in total. The van der Waals surface area contributed by atoms with Gasteiger partial charge in [-0.3, -0.25) is 13.8 Å². The lowest BCUT2D eigenvalue weighted by Crippen LogP contribution is -2.61. The fourth-order valence-electron chi connectivity index (χ4n) is 3.33. The second kappa shape index (κ2) is 10.1. The Balaban J connectivity index is 2.35. The van der Waals surface area contributed by atoms with Gasteiger partial charge < -0.3 is 38.8 Å². The molecule has 3 N–H and O–H groups in total. The molecule has 0 spiro atoms. The van der Waals surface area contributed by atoms with Crippen molar-refractivity contribution in [3.63, 3.8) is 0 Å². The molecule has 2 fully saturated rings. The predicted molar refractivity (Wildman–Crippen MR) is 96.7 cm³/mol. The Labute approximate surface area is 175 Å². The van der Waals surface area contributed by atoms with Crippen LogP contribution in [0.3, 0.4) is 0 Å². The van der Waals surface area contributed by atoms with Gasteiger partial charge >= 0.3 is 11.9 Å². The molecule has 0 radical (unpaired) electrons. The molecule has 174 valence electrons. The Morgan fingerprint density at radius 2 is 1.73 bits per heavy atom. The maximum Gasteiger partial charge on any atom is 0.325 e. The number of hydrogen-bond acceptors (Lipinski definition) is 13. The number of carbonyl (C=O) groups is 2. The summed E-state index contributed by atoms with van der Waals surface area (Å²) in [6.07, 6.45) is -3.72. The van der Waals surface area contributed by atoms with Crippen molar-refractivity contribution >= 4 is 33.2 Å². The van der Waals surface area contributed by atoms with E-state index in [0.717, 1.165) is 14.2 Å². The Bertz CT molecular complexity index is 702. The quantitative estimate of drug-likeness (QED) is 0.102. The van der Waals surface area contributed by atoms with E-state index < -0.39 is 88.3 Å². The van der Waals surface area contributed by atoms with Crippen molar-refractivity contribution in [1.82, 2.24) is 0 Å². The van der Waals surface area contributed by atoms with Gasteiger partial charge in [-0.1, -0.05) is 0 Å². The van der Waals surface area contributed by atoms with Gasteiger partial charge in [0.1, 0.15) is 24.1 Å². The normalized spacial score (nSPS) is 34.7. The van der Waals surface area contributed by atoms with E-state index in [-0.39, 0.29) is 11.5 Å². The van der Waals surface area contributed by atoms with Crippen LogP contribution < -0.4 is 0 Å². The maximum absolute atomic E-state index is 12.4. The summed E-state index contributed by atoms with van der Waals surface area (Å²) in [5, 5.41) is 28.9. The zero-order valence-corrected chi connectivity index (χ0v) is 17.8. The Morgan fingerprint density at radius 1 is 1.20 bits per heavy atom. The minimum Gasteiger partial charge on any atom is -0.726 e. The monoisotopic (exact) mass is 476 g/mol. The van der Waals surface area contributed by atoms with Gasteiger partial charge in [0.05, 0.1) is 34.0 Å². The number of carbonyl (C=O) groups excluding carboxylic acids is 2. The van der Waals surface area contributed by atoms with Gasteiger partial charge in [0.25, 0.3) is 0 Å². The fourth-order valence-corrected chi connectivity index (χ4v) is 6.62. The molecule has 0 bridgehead atoms. The average Bonchev–Trinajstić information content (AvgIpc) is 2.94.